The highest BCUT2D eigenvalue weighted by molar-refractivity contribution is 6.30. The molecule has 1 aliphatic carbocycles. The van der Waals surface area contributed by atoms with Gasteiger partial charge in [0.15, 0.2) is 0 Å². The smallest absolute Gasteiger partial charge is 0.130 e. The number of nitrogens with zero attached hydrogens (tertiary/aromatic N) is 1. The first kappa shape index (κ1) is 17.1. The van der Waals surface area contributed by atoms with E-state index in [-0.39, 0.29) is 6.10 Å². The number of aromatic nitrogens is 1. The summed E-state index contributed by atoms with van der Waals surface area (Å²) in [5.41, 5.74) is 6.93. The quantitative estimate of drug-likeness (QED) is 0.658. The van der Waals surface area contributed by atoms with Crippen LogP contribution in [0, 0.1) is 0 Å². The number of hydrogen-bond donors (Lipinski definition) is 2. The molecule has 4 nitrogen and oxygen atoms in total. The van der Waals surface area contributed by atoms with E-state index in [2.05, 4.69) is 22.4 Å². The maximum absolute atomic E-state index is 6.17. The summed E-state index contributed by atoms with van der Waals surface area (Å²) in [5, 5.41) is 6.21. The Kier molecular flexibility index (Phi) is 4.96. The second kappa shape index (κ2) is 7.52. The van der Waals surface area contributed by atoms with Crippen molar-refractivity contribution in [3.05, 3.63) is 59.8 Å². The van der Waals surface area contributed by atoms with Gasteiger partial charge in [0.25, 0.3) is 0 Å². The van der Waals surface area contributed by atoms with Crippen molar-refractivity contribution in [3.8, 4) is 5.75 Å². The van der Waals surface area contributed by atoms with Crippen LogP contribution in [0.25, 0.3) is 10.8 Å². The number of hydrogen-bond acceptors (Lipinski definition) is 4. The highest BCUT2D eigenvalue weighted by atomic mass is 35.5. The minimum absolute atomic E-state index is 0.265. The van der Waals surface area contributed by atoms with Crippen LogP contribution in [0.2, 0.25) is 5.02 Å². The Morgan fingerprint density at radius 2 is 1.73 bits per heavy atom. The van der Waals surface area contributed by atoms with Crippen molar-refractivity contribution in [2.24, 2.45) is 5.73 Å². The molecule has 0 bridgehead atoms. The number of anilines is 2. The standard InChI is InChI=1S/C21H22ClN3O/c22-16-2-6-18(7-3-16)25-21-12-15-11-20(8-1-14(15)13-24-21)26-19-9-4-17(23)5-10-19/h1-3,6-8,11-13,17,19H,4-5,9-10,23H2,(H,24,25). The molecule has 1 aromatic heterocycles. The largest absolute Gasteiger partial charge is 0.490 e. The van der Waals surface area contributed by atoms with Crippen LogP contribution in [0.15, 0.2) is 54.7 Å². The maximum Gasteiger partial charge on any atom is 0.130 e. The predicted octanol–water partition coefficient (Wildman–Crippen LogP) is 5.28. The molecule has 1 aliphatic rings. The molecule has 1 saturated carbocycles. The van der Waals surface area contributed by atoms with Gasteiger partial charge in [-0.2, -0.15) is 0 Å². The molecule has 0 amide bonds. The topological polar surface area (TPSA) is 60.2 Å². The number of nitrogens with two attached hydrogens (primary N) is 1. The van der Waals surface area contributed by atoms with Crippen LogP contribution in [0.1, 0.15) is 25.7 Å². The van der Waals surface area contributed by atoms with Gasteiger partial charge in [-0.25, -0.2) is 4.98 Å². The zero-order chi connectivity index (χ0) is 17.9. The van der Waals surface area contributed by atoms with E-state index in [0.29, 0.717) is 11.1 Å². The Hall–Kier alpha value is -2.30. The minimum atomic E-state index is 0.265. The first-order chi connectivity index (χ1) is 12.7. The number of rotatable bonds is 4. The second-order valence-corrected chi connectivity index (χ2v) is 7.30. The number of benzene rings is 2. The molecule has 0 unspecified atom stereocenters. The molecule has 2 aromatic carbocycles. The number of ether oxygens (including phenoxy) is 1. The first-order valence-corrected chi connectivity index (χ1v) is 9.38. The fourth-order valence-electron chi connectivity index (χ4n) is 3.34. The van der Waals surface area contributed by atoms with E-state index in [9.17, 15) is 0 Å². The average molecular weight is 368 g/mol. The molecule has 0 atom stereocenters. The van der Waals surface area contributed by atoms with Crippen LogP contribution in [0.4, 0.5) is 11.5 Å². The summed E-state index contributed by atoms with van der Waals surface area (Å²) >= 11 is 5.93. The third-order valence-corrected chi connectivity index (χ3v) is 5.08. The van der Waals surface area contributed by atoms with Crippen molar-refractivity contribution in [3.63, 3.8) is 0 Å². The van der Waals surface area contributed by atoms with Gasteiger partial charge in [0.1, 0.15) is 11.6 Å². The number of halogens is 1. The minimum Gasteiger partial charge on any atom is -0.490 e. The first-order valence-electron chi connectivity index (χ1n) is 9.00. The van der Waals surface area contributed by atoms with Gasteiger partial charge >= 0.3 is 0 Å². The predicted molar refractivity (Wildman–Crippen MR) is 107 cm³/mol. The molecule has 1 fully saturated rings. The van der Waals surface area contributed by atoms with Gasteiger partial charge in [-0.3, -0.25) is 0 Å². The van der Waals surface area contributed by atoms with Gasteiger partial charge in [0, 0.05) is 28.3 Å². The van der Waals surface area contributed by atoms with Crippen LogP contribution in [-0.4, -0.2) is 17.1 Å². The molecule has 3 N–H and O–H groups in total. The zero-order valence-electron chi connectivity index (χ0n) is 14.5. The van der Waals surface area contributed by atoms with Crippen LogP contribution >= 0.6 is 11.6 Å². The van der Waals surface area contributed by atoms with E-state index in [1.807, 2.05) is 42.6 Å². The Morgan fingerprint density at radius 1 is 0.962 bits per heavy atom. The lowest BCUT2D eigenvalue weighted by Crippen LogP contribution is -2.31. The molecule has 0 radical (unpaired) electrons. The maximum atomic E-state index is 6.17. The third kappa shape index (κ3) is 4.09. The molecule has 0 aliphatic heterocycles. The fourth-order valence-corrected chi connectivity index (χ4v) is 3.47. The summed E-state index contributed by atoms with van der Waals surface area (Å²) < 4.78 is 6.17. The lowest BCUT2D eigenvalue weighted by atomic mass is 9.94. The van der Waals surface area contributed by atoms with Gasteiger partial charge in [0.2, 0.25) is 0 Å². The van der Waals surface area contributed by atoms with Gasteiger partial charge in [-0.15, -0.1) is 0 Å². The van der Waals surface area contributed by atoms with E-state index in [4.69, 9.17) is 22.1 Å². The molecule has 134 valence electrons. The summed E-state index contributed by atoms with van der Waals surface area (Å²) in [6.45, 7) is 0. The Labute approximate surface area is 158 Å². The number of nitrogens with one attached hydrogen (secondary N) is 1. The fraction of sp³-hybridized carbons (Fsp3) is 0.286. The number of pyridine rings is 1. The summed E-state index contributed by atoms with van der Waals surface area (Å²) in [6.07, 6.45) is 6.27. The summed E-state index contributed by atoms with van der Waals surface area (Å²) in [5.74, 6) is 1.70. The summed E-state index contributed by atoms with van der Waals surface area (Å²) in [6, 6.07) is 16.1. The normalized spacial score (nSPS) is 20.1. The van der Waals surface area contributed by atoms with Crippen molar-refractivity contribution in [1.82, 2.24) is 4.98 Å². The lowest BCUT2D eigenvalue weighted by molar-refractivity contribution is 0.147. The zero-order valence-corrected chi connectivity index (χ0v) is 15.2. The van der Waals surface area contributed by atoms with Crippen molar-refractivity contribution in [2.75, 3.05) is 5.32 Å². The SMILES string of the molecule is NC1CCC(Oc2ccc3cnc(Nc4ccc(Cl)cc4)cc3c2)CC1. The molecule has 3 aromatic rings. The average Bonchev–Trinajstić information content (AvgIpc) is 2.65. The number of fused-ring (bicyclic) bond motifs is 1. The molecule has 0 spiro atoms. The molecule has 26 heavy (non-hydrogen) atoms. The molecule has 1 heterocycles. The van der Waals surface area contributed by atoms with Crippen molar-refractivity contribution in [1.29, 1.82) is 0 Å². The van der Waals surface area contributed by atoms with Crippen LogP contribution in [0.5, 0.6) is 5.75 Å². The van der Waals surface area contributed by atoms with Gasteiger partial charge in [-0.1, -0.05) is 11.6 Å². The lowest BCUT2D eigenvalue weighted by Gasteiger charge is -2.26. The van der Waals surface area contributed by atoms with Crippen molar-refractivity contribution in [2.45, 2.75) is 37.8 Å². The molecular weight excluding hydrogens is 346 g/mol. The van der Waals surface area contributed by atoms with Crippen molar-refractivity contribution >= 4 is 33.9 Å². The van der Waals surface area contributed by atoms with E-state index < -0.39 is 0 Å². The van der Waals surface area contributed by atoms with E-state index in [1.165, 1.54) is 0 Å². The molecule has 0 saturated heterocycles. The Balaban J connectivity index is 1.51. The van der Waals surface area contributed by atoms with Crippen LogP contribution in [0.3, 0.4) is 0 Å². The van der Waals surface area contributed by atoms with E-state index in [1.54, 1.807) is 0 Å². The Bertz CT molecular complexity index is 889. The van der Waals surface area contributed by atoms with Crippen molar-refractivity contribution < 1.29 is 4.74 Å². The van der Waals surface area contributed by atoms with Gasteiger partial charge in [0.05, 0.1) is 6.10 Å². The summed E-state index contributed by atoms with van der Waals surface area (Å²) in [7, 11) is 0. The monoisotopic (exact) mass is 367 g/mol. The molecule has 4 rings (SSSR count). The summed E-state index contributed by atoms with van der Waals surface area (Å²) in [4.78, 5) is 4.48. The highest BCUT2D eigenvalue weighted by Gasteiger charge is 2.19. The van der Waals surface area contributed by atoms with Gasteiger partial charge < -0.3 is 15.8 Å². The second-order valence-electron chi connectivity index (χ2n) is 6.87. The van der Waals surface area contributed by atoms with E-state index in [0.717, 1.165) is 53.7 Å². The highest BCUT2D eigenvalue weighted by Crippen LogP contribution is 2.27. The van der Waals surface area contributed by atoms with Crippen LogP contribution in [-0.2, 0) is 0 Å². The molecule has 5 heteroatoms. The van der Waals surface area contributed by atoms with E-state index >= 15 is 0 Å². The van der Waals surface area contributed by atoms with Crippen LogP contribution < -0.4 is 15.8 Å². The Morgan fingerprint density at radius 3 is 2.50 bits per heavy atom. The van der Waals surface area contributed by atoms with Gasteiger partial charge in [-0.05, 0) is 79.6 Å². The third-order valence-electron chi connectivity index (χ3n) is 4.83. The molecular formula is C21H22ClN3O.